The van der Waals surface area contributed by atoms with Gasteiger partial charge in [-0.05, 0) is 55.7 Å². The number of sulfonamides is 1. The Kier molecular flexibility index (Phi) is 11.3. The predicted molar refractivity (Wildman–Crippen MR) is 176 cm³/mol. The average Bonchev–Trinajstić information content (AvgIpc) is 3.02. The largest absolute Gasteiger partial charge is 0.354 e. The van der Waals surface area contributed by atoms with E-state index in [1.807, 2.05) is 75.4 Å². The molecule has 1 atom stereocenters. The molecule has 0 heterocycles. The van der Waals surface area contributed by atoms with E-state index in [4.69, 9.17) is 0 Å². The Morgan fingerprint density at radius 2 is 1.41 bits per heavy atom. The smallest absolute Gasteiger partial charge is 0.264 e. The highest BCUT2D eigenvalue weighted by atomic mass is 32.2. The molecular formula is C36H41N3O4S. The van der Waals surface area contributed by atoms with Gasteiger partial charge >= 0.3 is 0 Å². The molecule has 0 saturated carbocycles. The van der Waals surface area contributed by atoms with Crippen molar-refractivity contribution in [1.82, 2.24) is 10.2 Å². The Labute approximate surface area is 261 Å². The van der Waals surface area contributed by atoms with Crippen molar-refractivity contribution in [3.8, 4) is 0 Å². The second-order valence-electron chi connectivity index (χ2n) is 11.0. The maximum absolute atomic E-state index is 14.5. The molecule has 0 aliphatic heterocycles. The molecule has 1 N–H and O–H groups in total. The van der Waals surface area contributed by atoms with E-state index in [0.717, 1.165) is 39.4 Å². The summed E-state index contributed by atoms with van der Waals surface area (Å²) in [5.74, 6) is -0.742. The normalized spacial score (nSPS) is 11.9. The van der Waals surface area contributed by atoms with Crippen LogP contribution in [0.2, 0.25) is 0 Å². The third-order valence-electron chi connectivity index (χ3n) is 7.47. The lowest BCUT2D eigenvalue weighted by Gasteiger charge is -2.34. The SMILES string of the molecule is CCCCNC(=O)C(Cc1ccccc1)N(Cc1cccc(C)c1)C(=O)CN(c1ccccc1)S(=O)(=O)c1ccc(C)cc1. The third-order valence-corrected chi connectivity index (χ3v) is 9.26. The van der Waals surface area contributed by atoms with Gasteiger partial charge < -0.3 is 10.2 Å². The molecule has 0 spiro atoms. The summed E-state index contributed by atoms with van der Waals surface area (Å²) < 4.78 is 29.2. The molecule has 44 heavy (non-hydrogen) atoms. The highest BCUT2D eigenvalue weighted by molar-refractivity contribution is 7.92. The van der Waals surface area contributed by atoms with Gasteiger partial charge in [-0.15, -0.1) is 0 Å². The maximum Gasteiger partial charge on any atom is 0.264 e. The monoisotopic (exact) mass is 611 g/mol. The number of para-hydroxylation sites is 1. The van der Waals surface area contributed by atoms with Crippen molar-refractivity contribution in [3.05, 3.63) is 131 Å². The number of benzene rings is 4. The molecule has 2 amide bonds. The van der Waals surface area contributed by atoms with Crippen molar-refractivity contribution >= 4 is 27.5 Å². The summed E-state index contributed by atoms with van der Waals surface area (Å²) in [6.45, 7) is 6.07. The zero-order valence-corrected chi connectivity index (χ0v) is 26.5. The lowest BCUT2D eigenvalue weighted by molar-refractivity contribution is -0.140. The van der Waals surface area contributed by atoms with Crippen LogP contribution in [0.25, 0.3) is 0 Å². The minimum atomic E-state index is -4.12. The van der Waals surface area contributed by atoms with Gasteiger partial charge in [0.2, 0.25) is 11.8 Å². The Morgan fingerprint density at radius 3 is 2.05 bits per heavy atom. The van der Waals surface area contributed by atoms with Gasteiger partial charge in [0.05, 0.1) is 10.6 Å². The molecule has 230 valence electrons. The van der Waals surface area contributed by atoms with E-state index in [0.29, 0.717) is 12.2 Å². The fraction of sp³-hybridized carbons (Fsp3) is 0.278. The number of hydrogen-bond donors (Lipinski definition) is 1. The van der Waals surface area contributed by atoms with E-state index in [1.165, 1.54) is 4.90 Å². The van der Waals surface area contributed by atoms with Gasteiger partial charge in [0.1, 0.15) is 12.6 Å². The van der Waals surface area contributed by atoms with Crippen LogP contribution < -0.4 is 9.62 Å². The van der Waals surface area contributed by atoms with Crippen LogP contribution in [0.15, 0.2) is 114 Å². The van der Waals surface area contributed by atoms with Crippen LogP contribution in [0, 0.1) is 13.8 Å². The molecule has 0 aliphatic carbocycles. The first kappa shape index (κ1) is 32.5. The second kappa shape index (κ2) is 15.3. The number of nitrogens with one attached hydrogen (secondary N) is 1. The molecule has 0 aromatic heterocycles. The topological polar surface area (TPSA) is 86.8 Å². The first-order valence-electron chi connectivity index (χ1n) is 15.0. The van der Waals surface area contributed by atoms with E-state index >= 15 is 0 Å². The van der Waals surface area contributed by atoms with Gasteiger partial charge in [-0.1, -0.05) is 109 Å². The highest BCUT2D eigenvalue weighted by Gasteiger charge is 2.34. The molecule has 0 fully saturated rings. The van der Waals surface area contributed by atoms with Crippen LogP contribution in [0.1, 0.15) is 42.0 Å². The van der Waals surface area contributed by atoms with E-state index in [2.05, 4.69) is 5.32 Å². The molecule has 0 radical (unpaired) electrons. The standard InChI is InChI=1S/C36H41N3O4S/c1-4-5-23-37-36(41)34(25-30-14-8-6-9-15-30)38(26-31-16-12-13-29(3)24-31)35(40)27-39(32-17-10-7-11-18-32)44(42,43)33-21-19-28(2)20-22-33/h6-22,24,34H,4-5,23,25-27H2,1-3H3,(H,37,41). The fourth-order valence-corrected chi connectivity index (χ4v) is 6.44. The number of unbranched alkanes of at least 4 members (excludes halogenated alkanes) is 1. The summed E-state index contributed by atoms with van der Waals surface area (Å²) in [6, 6.07) is 31.7. The van der Waals surface area contributed by atoms with Gasteiger partial charge in [0.15, 0.2) is 0 Å². The Hall–Kier alpha value is -4.43. The molecule has 4 rings (SSSR count). The molecular weight excluding hydrogens is 570 g/mol. The zero-order chi connectivity index (χ0) is 31.5. The maximum atomic E-state index is 14.5. The van der Waals surface area contributed by atoms with Crippen LogP contribution >= 0.6 is 0 Å². The fourth-order valence-electron chi connectivity index (χ4n) is 5.03. The van der Waals surface area contributed by atoms with E-state index in [1.54, 1.807) is 54.6 Å². The van der Waals surface area contributed by atoms with Gasteiger partial charge in [-0.2, -0.15) is 0 Å². The van der Waals surface area contributed by atoms with Gasteiger partial charge in [-0.25, -0.2) is 8.42 Å². The minimum absolute atomic E-state index is 0.0862. The summed E-state index contributed by atoms with van der Waals surface area (Å²) in [7, 11) is -4.12. The highest BCUT2D eigenvalue weighted by Crippen LogP contribution is 2.25. The number of aryl methyl sites for hydroxylation is 2. The number of hydrogen-bond acceptors (Lipinski definition) is 4. The lowest BCUT2D eigenvalue weighted by Crippen LogP contribution is -2.53. The van der Waals surface area contributed by atoms with Crippen molar-refractivity contribution in [2.45, 2.75) is 57.5 Å². The zero-order valence-electron chi connectivity index (χ0n) is 25.6. The molecule has 0 bridgehead atoms. The van der Waals surface area contributed by atoms with E-state index in [9.17, 15) is 18.0 Å². The number of anilines is 1. The second-order valence-corrected chi connectivity index (χ2v) is 12.9. The minimum Gasteiger partial charge on any atom is -0.354 e. The number of nitrogens with zero attached hydrogens (tertiary/aromatic N) is 2. The molecule has 4 aromatic carbocycles. The van der Waals surface area contributed by atoms with Crippen molar-refractivity contribution in [2.75, 3.05) is 17.4 Å². The molecule has 1 unspecified atom stereocenters. The quantitative estimate of drug-likeness (QED) is 0.176. The summed E-state index contributed by atoms with van der Waals surface area (Å²) >= 11 is 0. The third kappa shape index (κ3) is 8.57. The van der Waals surface area contributed by atoms with Crippen LogP contribution in [0.4, 0.5) is 5.69 Å². The van der Waals surface area contributed by atoms with E-state index in [-0.39, 0.29) is 23.8 Å². The number of carbonyl (C=O) groups excluding carboxylic acids is 2. The molecule has 0 saturated heterocycles. The summed E-state index contributed by atoms with van der Waals surface area (Å²) in [6.07, 6.45) is 2.01. The van der Waals surface area contributed by atoms with Gasteiger partial charge in [0.25, 0.3) is 10.0 Å². The predicted octanol–water partition coefficient (Wildman–Crippen LogP) is 6.06. The van der Waals surface area contributed by atoms with Gasteiger partial charge in [0, 0.05) is 19.5 Å². The number of rotatable bonds is 14. The number of amides is 2. The van der Waals surface area contributed by atoms with Crippen molar-refractivity contribution < 1.29 is 18.0 Å². The Balaban J connectivity index is 1.77. The first-order valence-corrected chi connectivity index (χ1v) is 16.4. The van der Waals surface area contributed by atoms with Crippen LogP contribution in [-0.4, -0.2) is 44.3 Å². The molecule has 4 aromatic rings. The Bertz CT molecular complexity index is 1630. The van der Waals surface area contributed by atoms with Crippen molar-refractivity contribution in [2.24, 2.45) is 0 Å². The van der Waals surface area contributed by atoms with Gasteiger partial charge in [-0.3, -0.25) is 13.9 Å². The number of carbonyl (C=O) groups is 2. The van der Waals surface area contributed by atoms with Crippen LogP contribution in [0.5, 0.6) is 0 Å². The van der Waals surface area contributed by atoms with Crippen molar-refractivity contribution in [1.29, 1.82) is 0 Å². The summed E-state index contributed by atoms with van der Waals surface area (Å²) in [4.78, 5) is 29.9. The molecule has 8 heteroatoms. The first-order chi connectivity index (χ1) is 21.2. The van der Waals surface area contributed by atoms with Crippen LogP contribution in [-0.2, 0) is 32.6 Å². The van der Waals surface area contributed by atoms with E-state index < -0.39 is 28.5 Å². The summed E-state index contributed by atoms with van der Waals surface area (Å²) in [5.41, 5.74) is 4.06. The molecule has 7 nitrogen and oxygen atoms in total. The average molecular weight is 612 g/mol. The lowest BCUT2D eigenvalue weighted by atomic mass is 10.0. The Morgan fingerprint density at radius 1 is 0.773 bits per heavy atom. The summed E-state index contributed by atoms with van der Waals surface area (Å²) in [5, 5.41) is 3.02. The van der Waals surface area contributed by atoms with Crippen molar-refractivity contribution in [3.63, 3.8) is 0 Å². The molecule has 0 aliphatic rings. The van der Waals surface area contributed by atoms with Crippen LogP contribution in [0.3, 0.4) is 0 Å².